The van der Waals surface area contributed by atoms with E-state index in [9.17, 15) is 4.79 Å². The van der Waals surface area contributed by atoms with Crippen LogP contribution in [0.15, 0.2) is 10.7 Å². The van der Waals surface area contributed by atoms with Gasteiger partial charge in [0.15, 0.2) is 0 Å². The first kappa shape index (κ1) is 9.69. The number of rotatable bonds is 4. The van der Waals surface area contributed by atoms with Gasteiger partial charge in [-0.25, -0.2) is 4.79 Å². The van der Waals surface area contributed by atoms with Gasteiger partial charge in [0, 0.05) is 14.2 Å². The predicted octanol–water partition coefficient (Wildman–Crippen LogP) is 0.664. The fraction of sp³-hybridized carbons (Fsp3) is 0.429. The Kier molecular flexibility index (Phi) is 2.99. The lowest BCUT2D eigenvalue weighted by Gasteiger charge is -2.09. The number of hydrogen-bond donors (Lipinski definition) is 1. The van der Waals surface area contributed by atoms with Crippen LogP contribution in [0.2, 0.25) is 0 Å². The Labute approximate surface area is 74.0 Å². The van der Waals surface area contributed by atoms with Gasteiger partial charge in [-0.1, -0.05) is 5.16 Å². The molecule has 0 spiro atoms. The molecule has 0 atom stereocenters. The largest absolute Gasteiger partial charge is 0.478 e. The van der Waals surface area contributed by atoms with Crippen LogP contribution < -0.4 is 0 Å². The number of carboxylic acid groups (broad SMARTS) is 1. The number of ether oxygens (including phenoxy) is 2. The molecule has 0 aliphatic rings. The van der Waals surface area contributed by atoms with Crippen LogP contribution in [0.3, 0.4) is 0 Å². The van der Waals surface area contributed by atoms with Gasteiger partial charge < -0.3 is 19.1 Å². The fourth-order valence-electron chi connectivity index (χ4n) is 0.890. The molecule has 13 heavy (non-hydrogen) atoms. The second-order valence-electron chi connectivity index (χ2n) is 2.21. The molecule has 0 saturated carbocycles. The summed E-state index contributed by atoms with van der Waals surface area (Å²) in [4.78, 5) is 10.6. The van der Waals surface area contributed by atoms with E-state index in [1.54, 1.807) is 0 Å². The maximum absolute atomic E-state index is 10.6. The minimum Gasteiger partial charge on any atom is -0.478 e. The summed E-state index contributed by atoms with van der Waals surface area (Å²) < 4.78 is 14.3. The van der Waals surface area contributed by atoms with Gasteiger partial charge in [-0.2, -0.15) is 0 Å². The predicted molar refractivity (Wildman–Crippen MR) is 40.2 cm³/mol. The van der Waals surface area contributed by atoms with Gasteiger partial charge in [-0.15, -0.1) is 0 Å². The number of hydrogen-bond acceptors (Lipinski definition) is 5. The van der Waals surface area contributed by atoms with E-state index in [-0.39, 0.29) is 11.3 Å². The van der Waals surface area contributed by atoms with Crippen molar-refractivity contribution >= 4 is 5.97 Å². The molecular weight excluding hydrogens is 178 g/mol. The van der Waals surface area contributed by atoms with Crippen LogP contribution in [0.4, 0.5) is 0 Å². The van der Waals surface area contributed by atoms with Crippen molar-refractivity contribution in [2.45, 2.75) is 6.29 Å². The van der Waals surface area contributed by atoms with Crippen LogP contribution in [0.25, 0.3) is 0 Å². The molecule has 0 aliphatic heterocycles. The SMILES string of the molecule is COC(OC)c1oncc1C(=O)O. The van der Waals surface area contributed by atoms with Crippen molar-refractivity contribution in [1.29, 1.82) is 0 Å². The maximum Gasteiger partial charge on any atom is 0.341 e. The second-order valence-corrected chi connectivity index (χ2v) is 2.21. The molecule has 1 N–H and O–H groups in total. The van der Waals surface area contributed by atoms with Gasteiger partial charge in [-0.3, -0.25) is 0 Å². The Hall–Kier alpha value is -1.40. The zero-order chi connectivity index (χ0) is 9.84. The summed E-state index contributed by atoms with van der Waals surface area (Å²) in [7, 11) is 2.75. The highest BCUT2D eigenvalue weighted by Gasteiger charge is 2.23. The van der Waals surface area contributed by atoms with Crippen LogP contribution in [0.1, 0.15) is 22.4 Å². The third kappa shape index (κ3) is 1.85. The summed E-state index contributed by atoms with van der Waals surface area (Å²) in [5.41, 5.74) is -0.0614. The molecule has 0 fully saturated rings. The maximum atomic E-state index is 10.6. The topological polar surface area (TPSA) is 81.8 Å². The highest BCUT2D eigenvalue weighted by Crippen LogP contribution is 2.20. The van der Waals surface area contributed by atoms with E-state index in [0.717, 1.165) is 6.20 Å². The standard InChI is InChI=1S/C7H9NO5/c1-11-7(12-2)5-4(6(9)10)3-8-13-5/h3,7H,1-2H3,(H,9,10). The Balaban J connectivity index is 2.98. The molecule has 6 heteroatoms. The van der Waals surface area contributed by atoms with Crippen molar-refractivity contribution in [1.82, 2.24) is 5.16 Å². The van der Waals surface area contributed by atoms with Gasteiger partial charge in [-0.05, 0) is 0 Å². The molecule has 0 unspecified atom stereocenters. The average molecular weight is 187 g/mol. The van der Waals surface area contributed by atoms with Crippen molar-refractivity contribution in [3.05, 3.63) is 17.5 Å². The van der Waals surface area contributed by atoms with E-state index in [2.05, 4.69) is 9.68 Å². The molecule has 1 heterocycles. The second kappa shape index (κ2) is 4.01. The van der Waals surface area contributed by atoms with Crippen LogP contribution >= 0.6 is 0 Å². The zero-order valence-electron chi connectivity index (χ0n) is 7.18. The van der Waals surface area contributed by atoms with Gasteiger partial charge in [0.1, 0.15) is 5.56 Å². The summed E-state index contributed by atoms with van der Waals surface area (Å²) >= 11 is 0. The van der Waals surface area contributed by atoms with Crippen LogP contribution in [0, 0.1) is 0 Å². The number of methoxy groups -OCH3 is 2. The first-order chi connectivity index (χ1) is 6.20. The van der Waals surface area contributed by atoms with E-state index in [1.165, 1.54) is 14.2 Å². The normalized spacial score (nSPS) is 10.7. The lowest BCUT2D eigenvalue weighted by atomic mass is 10.2. The van der Waals surface area contributed by atoms with E-state index < -0.39 is 12.3 Å². The fourth-order valence-corrected chi connectivity index (χ4v) is 0.890. The summed E-state index contributed by atoms with van der Waals surface area (Å²) in [6.07, 6.45) is 0.261. The van der Waals surface area contributed by atoms with Crippen molar-refractivity contribution in [2.24, 2.45) is 0 Å². The van der Waals surface area contributed by atoms with Crippen molar-refractivity contribution in [3.63, 3.8) is 0 Å². The molecule has 0 amide bonds. The molecule has 0 saturated heterocycles. The molecule has 0 aliphatic carbocycles. The molecule has 72 valence electrons. The lowest BCUT2D eigenvalue weighted by molar-refractivity contribution is -0.120. The first-order valence-electron chi connectivity index (χ1n) is 3.44. The smallest absolute Gasteiger partial charge is 0.341 e. The van der Waals surface area contributed by atoms with Gasteiger partial charge in [0.05, 0.1) is 6.20 Å². The van der Waals surface area contributed by atoms with Gasteiger partial charge in [0.25, 0.3) is 0 Å². The van der Waals surface area contributed by atoms with Gasteiger partial charge >= 0.3 is 5.97 Å². The molecule has 0 radical (unpaired) electrons. The van der Waals surface area contributed by atoms with Gasteiger partial charge in [0.2, 0.25) is 12.1 Å². The van der Waals surface area contributed by atoms with Crippen molar-refractivity contribution in [3.8, 4) is 0 Å². The molecule has 0 bridgehead atoms. The number of carboxylic acids is 1. The first-order valence-corrected chi connectivity index (χ1v) is 3.44. The Morgan fingerprint density at radius 3 is 2.69 bits per heavy atom. The summed E-state index contributed by atoms with van der Waals surface area (Å²) in [5.74, 6) is -1.08. The number of aromatic carboxylic acids is 1. The number of nitrogens with zero attached hydrogens (tertiary/aromatic N) is 1. The molecule has 6 nitrogen and oxygen atoms in total. The summed E-state index contributed by atoms with van der Waals surface area (Å²) in [6.45, 7) is 0. The minimum absolute atomic E-state index is 0.0532. The molecular formula is C7H9NO5. The third-order valence-electron chi connectivity index (χ3n) is 1.47. The van der Waals surface area contributed by atoms with Crippen LogP contribution in [-0.2, 0) is 9.47 Å². The van der Waals surface area contributed by atoms with E-state index in [4.69, 9.17) is 14.6 Å². The van der Waals surface area contributed by atoms with Crippen LogP contribution in [-0.4, -0.2) is 30.5 Å². The molecule has 1 rings (SSSR count). The highest BCUT2D eigenvalue weighted by molar-refractivity contribution is 5.88. The van der Waals surface area contributed by atoms with Crippen molar-refractivity contribution in [2.75, 3.05) is 14.2 Å². The quantitative estimate of drug-likeness (QED) is 0.697. The minimum atomic E-state index is -1.13. The number of aromatic nitrogens is 1. The average Bonchev–Trinajstić information content (AvgIpc) is 2.55. The monoisotopic (exact) mass is 187 g/mol. The summed E-state index contributed by atoms with van der Waals surface area (Å²) in [5, 5.41) is 12.0. The van der Waals surface area contributed by atoms with Crippen molar-refractivity contribution < 1.29 is 23.9 Å². The highest BCUT2D eigenvalue weighted by atomic mass is 16.7. The number of carbonyl (C=O) groups is 1. The Morgan fingerprint density at radius 1 is 1.62 bits per heavy atom. The molecule has 1 aromatic heterocycles. The molecule has 1 aromatic rings. The van der Waals surface area contributed by atoms with Crippen LogP contribution in [0.5, 0.6) is 0 Å². The van der Waals surface area contributed by atoms with E-state index >= 15 is 0 Å². The van der Waals surface area contributed by atoms with E-state index in [0.29, 0.717) is 0 Å². The Morgan fingerprint density at radius 2 is 2.23 bits per heavy atom. The lowest BCUT2D eigenvalue weighted by Crippen LogP contribution is -2.08. The summed E-state index contributed by atoms with van der Waals surface area (Å²) in [6, 6.07) is 0. The Bertz CT molecular complexity index is 291. The zero-order valence-corrected chi connectivity index (χ0v) is 7.18. The third-order valence-corrected chi connectivity index (χ3v) is 1.47. The molecule has 0 aromatic carbocycles. The van der Waals surface area contributed by atoms with E-state index in [1.807, 2.05) is 0 Å².